The molecular formula is C12H9ClFN3O2. The molecule has 2 heterocycles. The van der Waals surface area contributed by atoms with Crippen molar-refractivity contribution in [2.75, 3.05) is 0 Å². The lowest BCUT2D eigenvalue weighted by Crippen LogP contribution is -1.99. The van der Waals surface area contributed by atoms with Crippen LogP contribution in [0.15, 0.2) is 15.4 Å². The summed E-state index contributed by atoms with van der Waals surface area (Å²) in [6.45, 7) is 3.40. The maximum Gasteiger partial charge on any atom is 0.323 e. The van der Waals surface area contributed by atoms with E-state index in [4.69, 9.17) is 16.1 Å². The number of aromatic amines is 2. The molecule has 1 aromatic carbocycles. The van der Waals surface area contributed by atoms with E-state index in [0.717, 1.165) is 0 Å². The maximum atomic E-state index is 14.5. The van der Waals surface area contributed by atoms with Gasteiger partial charge < -0.3 is 14.5 Å². The minimum Gasteiger partial charge on any atom is -0.361 e. The van der Waals surface area contributed by atoms with Crippen LogP contribution in [0.5, 0.6) is 0 Å². The Morgan fingerprint density at radius 2 is 2.00 bits per heavy atom. The van der Waals surface area contributed by atoms with Crippen LogP contribution in [0.4, 0.5) is 4.39 Å². The number of hydrogen-bond acceptors (Lipinski definition) is 3. The molecule has 19 heavy (non-hydrogen) atoms. The zero-order valence-electron chi connectivity index (χ0n) is 10.1. The van der Waals surface area contributed by atoms with Crippen molar-refractivity contribution >= 4 is 22.6 Å². The number of fused-ring (bicyclic) bond motifs is 1. The number of nitrogens with zero attached hydrogens (tertiary/aromatic N) is 1. The zero-order valence-corrected chi connectivity index (χ0v) is 10.9. The van der Waals surface area contributed by atoms with Gasteiger partial charge in [-0.15, -0.1) is 0 Å². The number of hydrogen-bond donors (Lipinski definition) is 2. The average molecular weight is 282 g/mol. The summed E-state index contributed by atoms with van der Waals surface area (Å²) in [7, 11) is 0. The molecule has 2 aromatic heterocycles. The highest BCUT2D eigenvalue weighted by atomic mass is 35.5. The fourth-order valence-electron chi connectivity index (χ4n) is 2.17. The van der Waals surface area contributed by atoms with E-state index < -0.39 is 11.5 Å². The van der Waals surface area contributed by atoms with E-state index in [-0.39, 0.29) is 21.6 Å². The second kappa shape index (κ2) is 3.96. The van der Waals surface area contributed by atoms with Crippen molar-refractivity contribution in [1.82, 2.24) is 15.1 Å². The van der Waals surface area contributed by atoms with E-state index in [1.54, 1.807) is 13.8 Å². The molecular weight excluding hydrogens is 273 g/mol. The molecule has 0 bridgehead atoms. The summed E-state index contributed by atoms with van der Waals surface area (Å²) in [5.74, 6) is -0.0724. The van der Waals surface area contributed by atoms with Gasteiger partial charge in [-0.1, -0.05) is 16.8 Å². The van der Waals surface area contributed by atoms with Gasteiger partial charge in [-0.2, -0.15) is 0 Å². The molecule has 0 unspecified atom stereocenters. The standard InChI is InChI=1S/C12H9ClFN3O2/c1-4-8(5(2)19-17-4)6-3-7(13)10-11(9(6)14)16-12(18)15-10/h3H,1-2H3,(H2,15,16,18). The van der Waals surface area contributed by atoms with Gasteiger partial charge >= 0.3 is 5.69 Å². The predicted octanol–water partition coefficient (Wildman–Crippen LogP) is 2.92. The number of halogens is 2. The number of imidazole rings is 1. The third kappa shape index (κ3) is 1.67. The summed E-state index contributed by atoms with van der Waals surface area (Å²) < 4.78 is 19.5. The fourth-order valence-corrected chi connectivity index (χ4v) is 2.42. The molecule has 0 aliphatic rings. The molecule has 5 nitrogen and oxygen atoms in total. The highest BCUT2D eigenvalue weighted by Gasteiger charge is 2.20. The van der Waals surface area contributed by atoms with Gasteiger partial charge in [0.15, 0.2) is 5.82 Å². The molecule has 0 aliphatic carbocycles. The number of nitrogens with one attached hydrogen (secondary N) is 2. The third-order valence-corrected chi connectivity index (χ3v) is 3.29. The number of H-pyrrole nitrogens is 2. The SMILES string of the molecule is Cc1noc(C)c1-c1cc(Cl)c2[nH]c(=O)[nH]c2c1F. The molecule has 0 atom stereocenters. The first-order valence-electron chi connectivity index (χ1n) is 5.52. The van der Waals surface area contributed by atoms with Crippen molar-refractivity contribution in [2.24, 2.45) is 0 Å². The van der Waals surface area contributed by atoms with Gasteiger partial charge in [-0.05, 0) is 19.9 Å². The van der Waals surface area contributed by atoms with Gasteiger partial charge in [0.25, 0.3) is 0 Å². The van der Waals surface area contributed by atoms with E-state index in [0.29, 0.717) is 17.0 Å². The number of benzene rings is 1. The van der Waals surface area contributed by atoms with Crippen LogP contribution in [-0.2, 0) is 0 Å². The topological polar surface area (TPSA) is 74.7 Å². The Hall–Kier alpha value is -2.08. The van der Waals surface area contributed by atoms with Crippen LogP contribution >= 0.6 is 11.6 Å². The van der Waals surface area contributed by atoms with E-state index in [1.807, 2.05) is 0 Å². The van der Waals surface area contributed by atoms with Crippen molar-refractivity contribution in [2.45, 2.75) is 13.8 Å². The molecule has 0 spiro atoms. The van der Waals surface area contributed by atoms with E-state index >= 15 is 0 Å². The zero-order chi connectivity index (χ0) is 13.7. The Balaban J connectivity index is 2.43. The molecule has 0 saturated carbocycles. The Kier molecular flexibility index (Phi) is 2.50. The van der Waals surface area contributed by atoms with Crippen LogP contribution in [0.2, 0.25) is 5.02 Å². The van der Waals surface area contributed by atoms with E-state index in [9.17, 15) is 9.18 Å². The minimum atomic E-state index is -0.563. The monoisotopic (exact) mass is 281 g/mol. The van der Waals surface area contributed by atoms with Crippen molar-refractivity contribution in [3.8, 4) is 11.1 Å². The Morgan fingerprint density at radius 1 is 1.32 bits per heavy atom. The average Bonchev–Trinajstić information content (AvgIpc) is 2.89. The lowest BCUT2D eigenvalue weighted by molar-refractivity contribution is 0.393. The summed E-state index contributed by atoms with van der Waals surface area (Å²) in [4.78, 5) is 16.1. The normalized spacial score (nSPS) is 11.4. The molecule has 0 amide bonds. The predicted molar refractivity (Wildman–Crippen MR) is 68.9 cm³/mol. The molecule has 2 N–H and O–H groups in total. The first kappa shape index (κ1) is 12.0. The van der Waals surface area contributed by atoms with Crippen LogP contribution in [0.25, 0.3) is 22.2 Å². The van der Waals surface area contributed by atoms with Gasteiger partial charge in [0.2, 0.25) is 0 Å². The van der Waals surface area contributed by atoms with Crippen LogP contribution in [0.3, 0.4) is 0 Å². The smallest absolute Gasteiger partial charge is 0.323 e. The Morgan fingerprint density at radius 3 is 2.63 bits per heavy atom. The third-order valence-electron chi connectivity index (χ3n) is 3.00. The van der Waals surface area contributed by atoms with Crippen LogP contribution < -0.4 is 5.69 Å². The summed E-state index contributed by atoms with van der Waals surface area (Å²) in [6, 6.07) is 1.45. The minimum absolute atomic E-state index is 0.0486. The first-order chi connectivity index (χ1) is 8.99. The Bertz CT molecular complexity index is 827. The van der Waals surface area contributed by atoms with Gasteiger partial charge in [0.1, 0.15) is 11.3 Å². The quantitative estimate of drug-likeness (QED) is 0.720. The molecule has 0 saturated heterocycles. The second-order valence-electron chi connectivity index (χ2n) is 4.25. The van der Waals surface area contributed by atoms with Crippen molar-refractivity contribution < 1.29 is 8.91 Å². The van der Waals surface area contributed by atoms with Gasteiger partial charge in [0.05, 0.1) is 21.8 Å². The number of aryl methyl sites for hydroxylation is 2. The van der Waals surface area contributed by atoms with E-state index in [2.05, 4.69) is 15.1 Å². The number of rotatable bonds is 1. The van der Waals surface area contributed by atoms with E-state index in [1.165, 1.54) is 6.07 Å². The van der Waals surface area contributed by atoms with Crippen LogP contribution in [-0.4, -0.2) is 15.1 Å². The summed E-state index contributed by atoms with van der Waals surface area (Å²) in [6.07, 6.45) is 0. The largest absolute Gasteiger partial charge is 0.361 e. The summed E-state index contributed by atoms with van der Waals surface area (Å²) >= 11 is 6.06. The molecule has 3 rings (SSSR count). The van der Waals surface area contributed by atoms with Gasteiger partial charge in [-0.25, -0.2) is 9.18 Å². The highest BCUT2D eigenvalue weighted by molar-refractivity contribution is 6.35. The van der Waals surface area contributed by atoms with Crippen LogP contribution in [0, 0.1) is 19.7 Å². The molecule has 0 fully saturated rings. The maximum absolute atomic E-state index is 14.5. The first-order valence-corrected chi connectivity index (χ1v) is 5.90. The Labute approximate surface area is 111 Å². The summed E-state index contributed by atoms with van der Waals surface area (Å²) in [5.41, 5.74) is 1.15. The fraction of sp³-hybridized carbons (Fsp3) is 0.167. The van der Waals surface area contributed by atoms with Crippen LogP contribution in [0.1, 0.15) is 11.5 Å². The number of aromatic nitrogens is 3. The molecule has 0 radical (unpaired) electrons. The lowest BCUT2D eigenvalue weighted by Gasteiger charge is -2.05. The van der Waals surface area contributed by atoms with Gasteiger partial charge in [-0.3, -0.25) is 0 Å². The second-order valence-corrected chi connectivity index (χ2v) is 4.66. The molecule has 3 aromatic rings. The van der Waals surface area contributed by atoms with Crippen molar-refractivity contribution in [3.05, 3.63) is 38.8 Å². The molecule has 7 heteroatoms. The molecule has 98 valence electrons. The molecule has 0 aliphatic heterocycles. The highest BCUT2D eigenvalue weighted by Crippen LogP contribution is 2.35. The van der Waals surface area contributed by atoms with Crippen molar-refractivity contribution in [3.63, 3.8) is 0 Å². The lowest BCUT2D eigenvalue weighted by atomic mass is 10.0. The van der Waals surface area contributed by atoms with Crippen molar-refractivity contribution in [1.29, 1.82) is 0 Å². The summed E-state index contributed by atoms with van der Waals surface area (Å²) in [5, 5.41) is 4.04. The van der Waals surface area contributed by atoms with Gasteiger partial charge in [0, 0.05) is 5.56 Å².